The van der Waals surface area contributed by atoms with Gasteiger partial charge in [-0.3, -0.25) is 4.68 Å². The van der Waals surface area contributed by atoms with E-state index in [4.69, 9.17) is 23.2 Å². The van der Waals surface area contributed by atoms with Crippen LogP contribution in [0.15, 0.2) is 12.4 Å². The minimum Gasteiger partial charge on any atom is -0.272 e. The second kappa shape index (κ2) is 3.79. The first-order valence-electron chi connectivity index (χ1n) is 4.26. The number of nitrogens with zero attached hydrogens (tertiary/aromatic N) is 4. The molecule has 0 aromatic carbocycles. The Morgan fingerprint density at radius 3 is 2.47 bits per heavy atom. The van der Waals surface area contributed by atoms with Crippen molar-refractivity contribution in [1.29, 1.82) is 0 Å². The van der Waals surface area contributed by atoms with Crippen LogP contribution in [0.2, 0.25) is 10.4 Å². The zero-order chi connectivity index (χ0) is 11.0. The number of halogens is 2. The summed E-state index contributed by atoms with van der Waals surface area (Å²) < 4.78 is 1.76. The second-order valence-electron chi connectivity index (χ2n) is 3.11. The Kier molecular flexibility index (Phi) is 2.63. The van der Waals surface area contributed by atoms with Crippen LogP contribution in [-0.4, -0.2) is 19.7 Å². The molecule has 4 nitrogen and oxygen atoms in total. The fourth-order valence-corrected chi connectivity index (χ4v) is 1.69. The van der Waals surface area contributed by atoms with Gasteiger partial charge in [0.25, 0.3) is 0 Å². The molecule has 0 aliphatic rings. The predicted molar refractivity (Wildman–Crippen MR) is 59.0 cm³/mol. The highest BCUT2D eigenvalue weighted by atomic mass is 35.5. The molecule has 0 aliphatic carbocycles. The van der Waals surface area contributed by atoms with Gasteiger partial charge in [0.2, 0.25) is 5.28 Å². The molecule has 0 fully saturated rings. The molecule has 0 unspecified atom stereocenters. The highest BCUT2D eigenvalue weighted by molar-refractivity contribution is 6.33. The monoisotopic (exact) mass is 242 g/mol. The molecule has 0 saturated heterocycles. The van der Waals surface area contributed by atoms with Crippen LogP contribution >= 0.6 is 23.2 Å². The molecule has 2 heterocycles. The van der Waals surface area contributed by atoms with Crippen LogP contribution in [0.3, 0.4) is 0 Å². The van der Waals surface area contributed by atoms with Crippen LogP contribution in [0.1, 0.15) is 5.69 Å². The molecule has 0 atom stereocenters. The molecular weight excluding hydrogens is 235 g/mol. The lowest BCUT2D eigenvalue weighted by Crippen LogP contribution is -1.93. The molecule has 2 rings (SSSR count). The molecule has 15 heavy (non-hydrogen) atoms. The minimum absolute atomic E-state index is 0.144. The summed E-state index contributed by atoms with van der Waals surface area (Å²) in [6.45, 7) is 1.95. The maximum Gasteiger partial charge on any atom is 0.223 e. The van der Waals surface area contributed by atoms with Crippen LogP contribution in [0.25, 0.3) is 11.1 Å². The van der Waals surface area contributed by atoms with Crippen LogP contribution in [0, 0.1) is 6.92 Å². The molecule has 0 radical (unpaired) electrons. The minimum atomic E-state index is 0.144. The Labute approximate surface area is 96.9 Å². The fraction of sp³-hybridized carbons (Fsp3) is 0.222. The van der Waals surface area contributed by atoms with E-state index in [2.05, 4.69) is 15.1 Å². The number of aromatic nitrogens is 4. The third-order valence-corrected chi connectivity index (χ3v) is 2.71. The summed E-state index contributed by atoms with van der Waals surface area (Å²) in [4.78, 5) is 7.78. The van der Waals surface area contributed by atoms with Gasteiger partial charge in [-0.1, -0.05) is 11.6 Å². The van der Waals surface area contributed by atoms with Gasteiger partial charge in [0.15, 0.2) is 0 Å². The highest BCUT2D eigenvalue weighted by Gasteiger charge is 2.11. The Balaban J connectivity index is 2.59. The molecule has 78 valence electrons. The maximum absolute atomic E-state index is 5.97. The molecule has 0 bridgehead atoms. The van der Waals surface area contributed by atoms with Gasteiger partial charge in [0, 0.05) is 30.1 Å². The molecule has 0 spiro atoms. The van der Waals surface area contributed by atoms with E-state index in [-0.39, 0.29) is 5.28 Å². The van der Waals surface area contributed by atoms with E-state index in [1.165, 1.54) is 0 Å². The van der Waals surface area contributed by atoms with Crippen LogP contribution in [0.5, 0.6) is 0 Å². The number of hydrogen-bond acceptors (Lipinski definition) is 3. The predicted octanol–water partition coefficient (Wildman–Crippen LogP) is 2.49. The van der Waals surface area contributed by atoms with E-state index < -0.39 is 0 Å². The largest absolute Gasteiger partial charge is 0.272 e. The Hall–Kier alpha value is -1.13. The molecule has 2 aromatic heterocycles. The molecule has 0 aliphatic heterocycles. The summed E-state index contributed by atoms with van der Waals surface area (Å²) in [6.07, 6.45) is 3.33. The lowest BCUT2D eigenvalue weighted by Gasteiger charge is -2.02. The molecule has 6 heteroatoms. The summed E-state index contributed by atoms with van der Waals surface area (Å²) >= 11 is 11.6. The van der Waals surface area contributed by atoms with Gasteiger partial charge >= 0.3 is 0 Å². The summed E-state index contributed by atoms with van der Waals surface area (Å²) in [5.74, 6) is 0. The molecule has 0 saturated carbocycles. The van der Waals surface area contributed by atoms with Crippen molar-refractivity contribution in [3.8, 4) is 11.1 Å². The van der Waals surface area contributed by atoms with Gasteiger partial charge < -0.3 is 0 Å². The SMILES string of the molecule is Cc1c(-c2cnc(Cl)nc2Cl)cnn1C. The quantitative estimate of drug-likeness (QED) is 0.570. The zero-order valence-electron chi connectivity index (χ0n) is 8.20. The summed E-state index contributed by atoms with van der Waals surface area (Å²) in [5, 5.41) is 4.61. The topological polar surface area (TPSA) is 43.6 Å². The third kappa shape index (κ3) is 1.82. The first-order chi connectivity index (χ1) is 7.09. The van der Waals surface area contributed by atoms with E-state index in [1.807, 2.05) is 14.0 Å². The maximum atomic E-state index is 5.97. The van der Waals surface area contributed by atoms with E-state index in [1.54, 1.807) is 17.1 Å². The van der Waals surface area contributed by atoms with Crippen molar-refractivity contribution in [1.82, 2.24) is 19.7 Å². The van der Waals surface area contributed by atoms with Crippen molar-refractivity contribution < 1.29 is 0 Å². The first-order valence-corrected chi connectivity index (χ1v) is 5.02. The van der Waals surface area contributed by atoms with E-state index in [0.29, 0.717) is 5.15 Å². The Morgan fingerprint density at radius 1 is 1.20 bits per heavy atom. The van der Waals surface area contributed by atoms with Crippen LogP contribution in [0.4, 0.5) is 0 Å². The van der Waals surface area contributed by atoms with E-state index in [0.717, 1.165) is 16.8 Å². The highest BCUT2D eigenvalue weighted by Crippen LogP contribution is 2.28. The zero-order valence-corrected chi connectivity index (χ0v) is 9.71. The normalized spacial score (nSPS) is 10.7. The Morgan fingerprint density at radius 2 is 1.93 bits per heavy atom. The van der Waals surface area contributed by atoms with E-state index >= 15 is 0 Å². The molecule has 2 aromatic rings. The van der Waals surface area contributed by atoms with Gasteiger partial charge in [-0.2, -0.15) is 5.10 Å². The number of hydrogen-bond donors (Lipinski definition) is 0. The Bertz CT molecular complexity index is 507. The fourth-order valence-electron chi connectivity index (χ4n) is 1.28. The third-order valence-electron chi connectivity index (χ3n) is 2.24. The van der Waals surface area contributed by atoms with Gasteiger partial charge in [-0.15, -0.1) is 0 Å². The van der Waals surface area contributed by atoms with Crippen LogP contribution < -0.4 is 0 Å². The summed E-state index contributed by atoms with van der Waals surface area (Å²) in [7, 11) is 1.86. The van der Waals surface area contributed by atoms with Crippen molar-refractivity contribution in [2.75, 3.05) is 0 Å². The van der Waals surface area contributed by atoms with Crippen molar-refractivity contribution in [2.45, 2.75) is 6.92 Å². The number of aryl methyl sites for hydroxylation is 1. The van der Waals surface area contributed by atoms with Gasteiger partial charge in [0.1, 0.15) is 5.15 Å². The molecule has 0 amide bonds. The lowest BCUT2D eigenvalue weighted by atomic mass is 10.1. The number of rotatable bonds is 1. The summed E-state index contributed by atoms with van der Waals surface area (Å²) in [5.41, 5.74) is 2.66. The standard InChI is InChI=1S/C9H8Cl2N4/c1-5-6(4-13-15(5)2)7-3-12-9(11)14-8(7)10/h3-4H,1-2H3. The van der Waals surface area contributed by atoms with Crippen molar-refractivity contribution >= 4 is 23.2 Å². The van der Waals surface area contributed by atoms with Crippen molar-refractivity contribution in [3.05, 3.63) is 28.5 Å². The average Bonchev–Trinajstić information content (AvgIpc) is 2.49. The molecular formula is C9H8Cl2N4. The van der Waals surface area contributed by atoms with Gasteiger partial charge in [-0.05, 0) is 18.5 Å². The first kappa shape index (κ1) is 10.4. The summed E-state index contributed by atoms with van der Waals surface area (Å²) in [6, 6.07) is 0. The van der Waals surface area contributed by atoms with Gasteiger partial charge in [0.05, 0.1) is 6.20 Å². The van der Waals surface area contributed by atoms with Gasteiger partial charge in [-0.25, -0.2) is 9.97 Å². The lowest BCUT2D eigenvalue weighted by molar-refractivity contribution is 0.740. The van der Waals surface area contributed by atoms with Crippen molar-refractivity contribution in [2.24, 2.45) is 7.05 Å². The second-order valence-corrected chi connectivity index (χ2v) is 3.81. The van der Waals surface area contributed by atoms with E-state index in [9.17, 15) is 0 Å². The van der Waals surface area contributed by atoms with Crippen molar-refractivity contribution in [3.63, 3.8) is 0 Å². The average molecular weight is 243 g/mol. The smallest absolute Gasteiger partial charge is 0.223 e. The van der Waals surface area contributed by atoms with Crippen LogP contribution in [-0.2, 0) is 7.05 Å². The molecule has 0 N–H and O–H groups in total.